The van der Waals surface area contributed by atoms with Crippen LogP contribution in [-0.4, -0.2) is 44.1 Å². The van der Waals surface area contributed by atoms with E-state index in [4.69, 9.17) is 5.11 Å². The third-order valence-corrected chi connectivity index (χ3v) is 3.12. The van der Waals surface area contributed by atoms with Gasteiger partial charge in [0, 0.05) is 26.0 Å². The Labute approximate surface area is 104 Å². The second kappa shape index (κ2) is 5.07. The number of aliphatic carboxylic acids is 1. The lowest BCUT2D eigenvalue weighted by molar-refractivity contribution is -0.141. The maximum absolute atomic E-state index is 11.9. The van der Waals surface area contributed by atoms with E-state index >= 15 is 0 Å². The smallest absolute Gasteiger partial charge is 0.326 e. The second-order valence-electron chi connectivity index (χ2n) is 4.30. The van der Waals surface area contributed by atoms with E-state index < -0.39 is 12.0 Å². The number of nitrogens with zero attached hydrogens (tertiary/aromatic N) is 3. The molecule has 1 aromatic heterocycles. The Bertz CT molecular complexity index is 457. The van der Waals surface area contributed by atoms with Gasteiger partial charge in [-0.05, 0) is 12.8 Å². The number of aromatic nitrogens is 2. The van der Waals surface area contributed by atoms with Crippen LogP contribution in [-0.2, 0) is 18.4 Å². The highest BCUT2D eigenvalue weighted by Gasteiger charge is 2.33. The molecular formula is C11H16N4O3. The predicted octanol–water partition coefficient (Wildman–Crippen LogP) is 0.179. The van der Waals surface area contributed by atoms with Gasteiger partial charge in [-0.3, -0.25) is 0 Å². The molecule has 7 nitrogen and oxygen atoms in total. The van der Waals surface area contributed by atoms with E-state index in [0.717, 1.165) is 12.2 Å². The van der Waals surface area contributed by atoms with Gasteiger partial charge in [-0.2, -0.15) is 0 Å². The number of carboxylic acid groups (broad SMARTS) is 1. The zero-order chi connectivity index (χ0) is 13.1. The van der Waals surface area contributed by atoms with Crippen LogP contribution in [0.1, 0.15) is 18.7 Å². The largest absolute Gasteiger partial charge is 0.480 e. The van der Waals surface area contributed by atoms with Crippen LogP contribution in [0.4, 0.5) is 4.79 Å². The molecule has 1 aliphatic heterocycles. The van der Waals surface area contributed by atoms with Crippen LogP contribution < -0.4 is 5.32 Å². The molecule has 0 spiro atoms. The summed E-state index contributed by atoms with van der Waals surface area (Å²) in [5.41, 5.74) is 0. The molecule has 2 rings (SSSR count). The van der Waals surface area contributed by atoms with Crippen molar-refractivity contribution in [1.82, 2.24) is 19.8 Å². The molecule has 2 heterocycles. The van der Waals surface area contributed by atoms with Gasteiger partial charge in [-0.15, -0.1) is 0 Å². The summed E-state index contributed by atoms with van der Waals surface area (Å²) in [5, 5.41) is 11.7. The summed E-state index contributed by atoms with van der Waals surface area (Å²) in [4.78, 5) is 28.3. The van der Waals surface area contributed by atoms with E-state index in [1.165, 1.54) is 4.90 Å². The van der Waals surface area contributed by atoms with Crippen LogP contribution in [0.5, 0.6) is 0 Å². The average Bonchev–Trinajstić information content (AvgIpc) is 2.94. The van der Waals surface area contributed by atoms with Gasteiger partial charge in [-0.1, -0.05) is 0 Å². The fourth-order valence-electron chi connectivity index (χ4n) is 2.09. The Kier molecular flexibility index (Phi) is 3.50. The minimum absolute atomic E-state index is 0.297. The summed E-state index contributed by atoms with van der Waals surface area (Å²) in [7, 11) is 1.84. The number of hydrogen-bond acceptors (Lipinski definition) is 3. The molecule has 1 aliphatic rings. The molecular weight excluding hydrogens is 236 g/mol. The summed E-state index contributed by atoms with van der Waals surface area (Å²) in [5.74, 6) is -0.214. The summed E-state index contributed by atoms with van der Waals surface area (Å²) >= 11 is 0. The molecule has 1 fully saturated rings. The fourth-order valence-corrected chi connectivity index (χ4v) is 2.09. The molecule has 7 heteroatoms. The molecule has 0 saturated carbocycles. The lowest BCUT2D eigenvalue weighted by Crippen LogP contribution is -2.45. The molecule has 0 aliphatic carbocycles. The van der Waals surface area contributed by atoms with Crippen LogP contribution in [0, 0.1) is 0 Å². The molecule has 0 bridgehead atoms. The number of rotatable bonds is 3. The highest BCUT2D eigenvalue weighted by Crippen LogP contribution is 2.17. The fraction of sp³-hybridized carbons (Fsp3) is 0.545. The van der Waals surface area contributed by atoms with Crippen molar-refractivity contribution in [2.75, 3.05) is 6.54 Å². The van der Waals surface area contributed by atoms with E-state index in [9.17, 15) is 9.59 Å². The van der Waals surface area contributed by atoms with Crippen LogP contribution in [0.25, 0.3) is 0 Å². The first-order valence-corrected chi connectivity index (χ1v) is 5.83. The summed E-state index contributed by atoms with van der Waals surface area (Å²) in [6.07, 6.45) is 4.69. The van der Waals surface area contributed by atoms with Crippen molar-refractivity contribution in [3.63, 3.8) is 0 Å². The van der Waals surface area contributed by atoms with E-state index in [1.807, 2.05) is 7.05 Å². The zero-order valence-electron chi connectivity index (χ0n) is 10.2. The van der Waals surface area contributed by atoms with Crippen LogP contribution in [0.15, 0.2) is 12.4 Å². The van der Waals surface area contributed by atoms with E-state index in [0.29, 0.717) is 19.5 Å². The normalized spacial score (nSPS) is 18.9. The molecule has 1 saturated heterocycles. The standard InChI is InChI=1S/C11H16N4O3/c1-14-6-4-12-9(14)7-13-11(18)15-5-2-3-8(15)10(16)17/h4,6,8H,2-3,5,7H2,1H3,(H,13,18)(H,16,17)/t8-/m1/s1. The zero-order valence-corrected chi connectivity index (χ0v) is 10.2. The molecule has 18 heavy (non-hydrogen) atoms. The van der Waals surface area contributed by atoms with Gasteiger partial charge in [0.2, 0.25) is 0 Å². The molecule has 98 valence electrons. The van der Waals surface area contributed by atoms with Gasteiger partial charge in [0.1, 0.15) is 11.9 Å². The quantitative estimate of drug-likeness (QED) is 0.803. The summed E-state index contributed by atoms with van der Waals surface area (Å²) in [6, 6.07) is -1.05. The number of imidazole rings is 1. The van der Waals surface area contributed by atoms with Gasteiger partial charge < -0.3 is 19.9 Å². The first-order chi connectivity index (χ1) is 8.59. The van der Waals surface area contributed by atoms with Gasteiger partial charge in [0.15, 0.2) is 0 Å². The number of hydrogen-bond donors (Lipinski definition) is 2. The maximum Gasteiger partial charge on any atom is 0.326 e. The average molecular weight is 252 g/mol. The van der Waals surface area contributed by atoms with Crippen molar-refractivity contribution in [2.24, 2.45) is 7.05 Å². The van der Waals surface area contributed by atoms with Gasteiger partial charge in [-0.25, -0.2) is 14.6 Å². The maximum atomic E-state index is 11.9. The van der Waals surface area contributed by atoms with Crippen molar-refractivity contribution in [3.8, 4) is 0 Å². The Morgan fingerprint density at radius 3 is 3.00 bits per heavy atom. The molecule has 0 radical (unpaired) electrons. The second-order valence-corrected chi connectivity index (χ2v) is 4.30. The Hall–Kier alpha value is -2.05. The number of carboxylic acids is 1. The molecule has 1 aromatic rings. The van der Waals surface area contributed by atoms with Crippen molar-refractivity contribution in [3.05, 3.63) is 18.2 Å². The molecule has 2 amide bonds. The molecule has 2 N–H and O–H groups in total. The number of urea groups is 1. The molecule has 1 atom stereocenters. The van der Waals surface area contributed by atoms with E-state index in [1.54, 1.807) is 17.0 Å². The SMILES string of the molecule is Cn1ccnc1CNC(=O)N1CCC[C@@H]1C(=O)O. The van der Waals surface area contributed by atoms with E-state index in [2.05, 4.69) is 10.3 Å². The number of carbonyl (C=O) groups is 2. The van der Waals surface area contributed by atoms with Gasteiger partial charge in [0.25, 0.3) is 0 Å². The number of amides is 2. The first kappa shape index (κ1) is 12.4. The highest BCUT2D eigenvalue weighted by atomic mass is 16.4. The number of nitrogens with one attached hydrogen (secondary N) is 1. The number of aryl methyl sites for hydroxylation is 1. The lowest BCUT2D eigenvalue weighted by Gasteiger charge is -2.21. The van der Waals surface area contributed by atoms with Crippen molar-refractivity contribution in [2.45, 2.75) is 25.4 Å². The highest BCUT2D eigenvalue weighted by molar-refractivity contribution is 5.83. The summed E-state index contributed by atoms with van der Waals surface area (Å²) < 4.78 is 1.80. The topological polar surface area (TPSA) is 87.5 Å². The van der Waals surface area contributed by atoms with Gasteiger partial charge >= 0.3 is 12.0 Å². The van der Waals surface area contributed by atoms with Crippen LogP contribution in [0.2, 0.25) is 0 Å². The van der Waals surface area contributed by atoms with Crippen LogP contribution in [0.3, 0.4) is 0 Å². The van der Waals surface area contributed by atoms with Gasteiger partial charge in [0.05, 0.1) is 6.54 Å². The third-order valence-electron chi connectivity index (χ3n) is 3.12. The predicted molar refractivity (Wildman–Crippen MR) is 62.8 cm³/mol. The molecule has 0 unspecified atom stereocenters. The van der Waals surface area contributed by atoms with Crippen molar-refractivity contribution >= 4 is 12.0 Å². The molecule has 0 aromatic carbocycles. The van der Waals surface area contributed by atoms with Crippen LogP contribution >= 0.6 is 0 Å². The monoisotopic (exact) mass is 252 g/mol. The Balaban J connectivity index is 1.92. The van der Waals surface area contributed by atoms with Crippen molar-refractivity contribution in [1.29, 1.82) is 0 Å². The lowest BCUT2D eigenvalue weighted by atomic mass is 10.2. The van der Waals surface area contributed by atoms with E-state index in [-0.39, 0.29) is 6.03 Å². The minimum atomic E-state index is -0.945. The minimum Gasteiger partial charge on any atom is -0.480 e. The third kappa shape index (κ3) is 2.44. The number of likely N-dealkylation sites (tertiary alicyclic amines) is 1. The Morgan fingerprint density at radius 2 is 2.39 bits per heavy atom. The first-order valence-electron chi connectivity index (χ1n) is 5.83. The Morgan fingerprint density at radius 1 is 1.61 bits per heavy atom. The van der Waals surface area contributed by atoms with Crippen molar-refractivity contribution < 1.29 is 14.7 Å². The summed E-state index contributed by atoms with van der Waals surface area (Å²) in [6.45, 7) is 0.786. The number of carbonyl (C=O) groups excluding carboxylic acids is 1.